The Kier molecular flexibility index (Phi) is 3.83. The van der Waals surface area contributed by atoms with Crippen molar-refractivity contribution < 1.29 is 13.7 Å². The van der Waals surface area contributed by atoms with Crippen LogP contribution < -0.4 is 5.32 Å². The van der Waals surface area contributed by atoms with Gasteiger partial charge in [-0.25, -0.2) is 4.39 Å². The molecule has 0 bridgehead atoms. The molecule has 0 saturated heterocycles. The predicted octanol–water partition coefficient (Wildman–Crippen LogP) is 3.02. The number of hydrogen-bond donors (Lipinski definition) is 1. The van der Waals surface area contributed by atoms with Crippen molar-refractivity contribution in [2.45, 2.75) is 25.3 Å². The molecule has 1 aliphatic carbocycles. The summed E-state index contributed by atoms with van der Waals surface area (Å²) in [5.41, 5.74) is 2.60. The quantitative estimate of drug-likeness (QED) is 0.795. The first-order valence-corrected chi connectivity index (χ1v) is 8.16. The highest BCUT2D eigenvalue weighted by atomic mass is 19.1. The van der Waals surface area contributed by atoms with E-state index < -0.39 is 5.82 Å². The lowest BCUT2D eigenvalue weighted by Gasteiger charge is -2.23. The molecule has 0 saturated carbocycles. The number of carbonyl (C=O) groups excluding carboxylic acids is 1. The van der Waals surface area contributed by atoms with Crippen LogP contribution in [0.3, 0.4) is 0 Å². The molecule has 4 rings (SSSR count). The summed E-state index contributed by atoms with van der Waals surface area (Å²) < 4.78 is 20.8. The minimum absolute atomic E-state index is 0.0986. The first kappa shape index (κ1) is 15.6. The number of benzene rings is 1. The van der Waals surface area contributed by atoms with E-state index in [9.17, 15) is 9.18 Å². The summed E-state index contributed by atoms with van der Waals surface area (Å²) in [6, 6.07) is 7.58. The molecule has 25 heavy (non-hydrogen) atoms. The van der Waals surface area contributed by atoms with E-state index in [0.717, 1.165) is 30.5 Å². The maximum Gasteiger partial charge on any atom is 0.273 e. The van der Waals surface area contributed by atoms with Crippen LogP contribution >= 0.6 is 0 Å². The average molecular weight is 340 g/mol. The number of aryl methyl sites for hydroxylation is 1. The second kappa shape index (κ2) is 6.16. The zero-order valence-corrected chi connectivity index (χ0v) is 13.7. The summed E-state index contributed by atoms with van der Waals surface area (Å²) in [6.07, 6.45) is 4.59. The number of hydrogen-bond acceptors (Lipinski definition) is 4. The summed E-state index contributed by atoms with van der Waals surface area (Å²) in [5.74, 6) is -0.528. The number of nitrogens with one attached hydrogen (secondary N) is 1. The third-order valence-electron chi connectivity index (χ3n) is 4.56. The summed E-state index contributed by atoms with van der Waals surface area (Å²) >= 11 is 0. The van der Waals surface area contributed by atoms with E-state index in [1.807, 2.05) is 11.7 Å². The van der Waals surface area contributed by atoms with Crippen LogP contribution in [0.5, 0.6) is 0 Å². The lowest BCUT2D eigenvalue weighted by atomic mass is 9.93. The molecule has 0 aliphatic heterocycles. The molecule has 6 nitrogen and oxygen atoms in total. The van der Waals surface area contributed by atoms with Crippen molar-refractivity contribution >= 4 is 5.91 Å². The Morgan fingerprint density at radius 2 is 2.24 bits per heavy atom. The Balaban J connectivity index is 1.54. The molecule has 128 valence electrons. The molecule has 1 aromatic carbocycles. The Morgan fingerprint density at radius 3 is 3.08 bits per heavy atom. The minimum Gasteiger partial charge on any atom is -0.355 e. The van der Waals surface area contributed by atoms with E-state index in [-0.39, 0.29) is 29.0 Å². The number of aromatic nitrogens is 3. The largest absolute Gasteiger partial charge is 0.355 e. The normalized spacial score (nSPS) is 16.5. The van der Waals surface area contributed by atoms with Gasteiger partial charge < -0.3 is 9.84 Å². The number of fused-ring (bicyclic) bond motifs is 1. The predicted molar refractivity (Wildman–Crippen MR) is 88.3 cm³/mol. The number of rotatable bonds is 3. The van der Waals surface area contributed by atoms with Gasteiger partial charge in [0.15, 0.2) is 11.5 Å². The summed E-state index contributed by atoms with van der Waals surface area (Å²) in [6.45, 7) is 0. The first-order valence-electron chi connectivity index (χ1n) is 8.16. The van der Waals surface area contributed by atoms with Crippen molar-refractivity contribution in [1.29, 1.82) is 0 Å². The van der Waals surface area contributed by atoms with E-state index >= 15 is 0 Å². The Bertz CT molecular complexity index is 931. The molecule has 7 heteroatoms. The van der Waals surface area contributed by atoms with Gasteiger partial charge in [-0.3, -0.25) is 9.48 Å². The SMILES string of the molecule is Cn1ncc2c1CCC[C@@H]2NC(=O)c1cc(-c2ccccc2F)on1. The maximum atomic E-state index is 13.8. The third-order valence-corrected chi connectivity index (χ3v) is 4.56. The van der Waals surface area contributed by atoms with Gasteiger partial charge in [0.05, 0.1) is 17.8 Å². The van der Waals surface area contributed by atoms with Crippen LogP contribution in [-0.2, 0) is 13.5 Å². The maximum absolute atomic E-state index is 13.8. The van der Waals surface area contributed by atoms with E-state index in [4.69, 9.17) is 4.52 Å². The van der Waals surface area contributed by atoms with Crippen LogP contribution in [0.2, 0.25) is 0 Å². The second-order valence-electron chi connectivity index (χ2n) is 6.14. The van der Waals surface area contributed by atoms with Gasteiger partial charge in [0.2, 0.25) is 0 Å². The zero-order valence-electron chi connectivity index (χ0n) is 13.7. The number of halogens is 1. The van der Waals surface area contributed by atoms with Crippen LogP contribution in [0.4, 0.5) is 4.39 Å². The molecule has 3 aromatic rings. The van der Waals surface area contributed by atoms with Gasteiger partial charge in [-0.05, 0) is 31.4 Å². The average Bonchev–Trinajstić information content (AvgIpc) is 3.24. The lowest BCUT2D eigenvalue weighted by molar-refractivity contribution is 0.0923. The molecule has 2 aromatic heterocycles. The topological polar surface area (TPSA) is 73.0 Å². The highest BCUT2D eigenvalue weighted by Gasteiger charge is 2.26. The molecular weight excluding hydrogens is 323 g/mol. The minimum atomic E-state index is -0.419. The molecule has 0 unspecified atom stereocenters. The van der Waals surface area contributed by atoms with Crippen molar-refractivity contribution in [3.8, 4) is 11.3 Å². The van der Waals surface area contributed by atoms with E-state index in [1.54, 1.807) is 24.4 Å². The van der Waals surface area contributed by atoms with Gasteiger partial charge >= 0.3 is 0 Å². The van der Waals surface area contributed by atoms with Gasteiger partial charge in [0, 0.05) is 24.4 Å². The second-order valence-corrected chi connectivity index (χ2v) is 6.14. The number of nitrogens with zero attached hydrogens (tertiary/aromatic N) is 3. The van der Waals surface area contributed by atoms with Gasteiger partial charge in [0.25, 0.3) is 5.91 Å². The number of carbonyl (C=O) groups is 1. The fourth-order valence-electron chi connectivity index (χ4n) is 3.26. The summed E-state index contributed by atoms with van der Waals surface area (Å²) in [4.78, 5) is 12.5. The molecule has 1 aliphatic rings. The molecule has 0 spiro atoms. The summed E-state index contributed by atoms with van der Waals surface area (Å²) in [7, 11) is 1.90. The van der Waals surface area contributed by atoms with Gasteiger partial charge in [-0.1, -0.05) is 17.3 Å². The van der Waals surface area contributed by atoms with Crippen molar-refractivity contribution in [1.82, 2.24) is 20.3 Å². The van der Waals surface area contributed by atoms with E-state index in [1.165, 1.54) is 12.1 Å². The van der Waals surface area contributed by atoms with Crippen LogP contribution in [0, 0.1) is 5.82 Å². The van der Waals surface area contributed by atoms with Crippen LogP contribution in [0.15, 0.2) is 41.1 Å². The monoisotopic (exact) mass is 340 g/mol. The molecule has 0 fully saturated rings. The molecule has 1 amide bonds. The van der Waals surface area contributed by atoms with Crippen molar-refractivity contribution in [2.75, 3.05) is 0 Å². The third kappa shape index (κ3) is 2.82. The Morgan fingerprint density at radius 1 is 1.40 bits per heavy atom. The number of amides is 1. The van der Waals surface area contributed by atoms with Gasteiger partial charge in [-0.2, -0.15) is 5.10 Å². The van der Waals surface area contributed by atoms with Crippen molar-refractivity contribution in [2.24, 2.45) is 7.05 Å². The smallest absolute Gasteiger partial charge is 0.273 e. The molecule has 2 heterocycles. The Hall–Kier alpha value is -2.96. The Labute approximate surface area is 143 Å². The van der Waals surface area contributed by atoms with Crippen LogP contribution in [0.1, 0.15) is 40.6 Å². The highest BCUT2D eigenvalue weighted by Crippen LogP contribution is 2.29. The van der Waals surface area contributed by atoms with Gasteiger partial charge in [-0.15, -0.1) is 0 Å². The molecular formula is C18H17FN4O2. The van der Waals surface area contributed by atoms with Crippen LogP contribution in [0.25, 0.3) is 11.3 Å². The van der Waals surface area contributed by atoms with Crippen molar-refractivity contribution in [3.63, 3.8) is 0 Å². The van der Waals surface area contributed by atoms with Crippen molar-refractivity contribution in [3.05, 3.63) is 59.3 Å². The fraction of sp³-hybridized carbons (Fsp3) is 0.278. The zero-order chi connectivity index (χ0) is 17.4. The highest BCUT2D eigenvalue weighted by molar-refractivity contribution is 5.93. The molecule has 1 N–H and O–H groups in total. The molecule has 0 radical (unpaired) electrons. The van der Waals surface area contributed by atoms with E-state index in [0.29, 0.717) is 0 Å². The lowest BCUT2D eigenvalue weighted by Crippen LogP contribution is -2.31. The molecule has 1 atom stereocenters. The fourth-order valence-corrected chi connectivity index (χ4v) is 3.26. The summed E-state index contributed by atoms with van der Waals surface area (Å²) in [5, 5.41) is 11.0. The van der Waals surface area contributed by atoms with E-state index in [2.05, 4.69) is 15.6 Å². The standard InChI is InChI=1S/C18H17FN4O2/c1-23-16-8-4-7-14(12(16)10-20-23)21-18(24)15-9-17(25-22-15)11-5-2-3-6-13(11)19/h2-3,5-6,9-10,14H,4,7-8H2,1H3,(H,21,24)/t14-/m0/s1. The van der Waals surface area contributed by atoms with Crippen LogP contribution in [-0.4, -0.2) is 20.8 Å². The first-order chi connectivity index (χ1) is 12.1. The van der Waals surface area contributed by atoms with Gasteiger partial charge in [0.1, 0.15) is 5.82 Å².